The maximum absolute atomic E-state index is 12.4. The average molecular weight is 361 g/mol. The summed E-state index contributed by atoms with van der Waals surface area (Å²) >= 11 is 0. The summed E-state index contributed by atoms with van der Waals surface area (Å²) < 4.78 is 34.7. The molecule has 136 valence electrons. The molecular formula is C18H17F2N3O3. The van der Waals surface area contributed by atoms with Crippen molar-refractivity contribution in [2.24, 2.45) is 0 Å². The molecule has 1 atom stereocenters. The fourth-order valence-electron chi connectivity index (χ4n) is 2.69. The molecule has 6 nitrogen and oxygen atoms in total. The Morgan fingerprint density at radius 3 is 2.88 bits per heavy atom. The maximum atomic E-state index is 12.4. The minimum absolute atomic E-state index is 0.0000352. The van der Waals surface area contributed by atoms with Gasteiger partial charge in [-0.3, -0.25) is 4.79 Å². The molecule has 1 aliphatic rings. The van der Waals surface area contributed by atoms with Crippen molar-refractivity contribution >= 4 is 6.29 Å². The van der Waals surface area contributed by atoms with Crippen molar-refractivity contribution in [3.05, 3.63) is 47.4 Å². The van der Waals surface area contributed by atoms with Crippen LogP contribution in [0.3, 0.4) is 0 Å². The van der Waals surface area contributed by atoms with Gasteiger partial charge in [0.2, 0.25) is 11.8 Å². The predicted octanol–water partition coefficient (Wildman–Crippen LogP) is 4.32. The van der Waals surface area contributed by atoms with Gasteiger partial charge in [0.1, 0.15) is 12.0 Å². The molecule has 3 rings (SSSR count). The van der Waals surface area contributed by atoms with E-state index in [0.29, 0.717) is 12.2 Å². The van der Waals surface area contributed by atoms with E-state index in [2.05, 4.69) is 32.1 Å². The molecule has 1 unspecified atom stereocenters. The lowest BCUT2D eigenvalue weighted by Crippen LogP contribution is -2.04. The number of pyridine rings is 1. The molecule has 0 bridgehead atoms. The topological polar surface area (TPSA) is 78.1 Å². The highest BCUT2D eigenvalue weighted by molar-refractivity contribution is 5.77. The normalized spacial score (nSPS) is 15.0. The Hall–Kier alpha value is -2.90. The number of hydrogen-bond donors (Lipinski definition) is 0. The number of hydrogen-bond acceptors (Lipinski definition) is 6. The Morgan fingerprint density at radius 2 is 2.19 bits per heavy atom. The fraction of sp³-hybridized carbons (Fsp3) is 0.333. The van der Waals surface area contributed by atoms with Gasteiger partial charge in [0.25, 0.3) is 5.89 Å². The first-order chi connectivity index (χ1) is 12.5. The third kappa shape index (κ3) is 4.38. The number of aldehydes is 1. The molecule has 0 saturated carbocycles. The van der Waals surface area contributed by atoms with Crippen molar-refractivity contribution in [3.8, 4) is 17.5 Å². The summed E-state index contributed by atoms with van der Waals surface area (Å²) in [5, 5.41) is 7.95. The molecule has 1 aliphatic carbocycles. The van der Waals surface area contributed by atoms with E-state index in [1.807, 2.05) is 13.0 Å². The molecule has 2 aromatic heterocycles. The zero-order valence-electron chi connectivity index (χ0n) is 14.1. The summed E-state index contributed by atoms with van der Waals surface area (Å²) in [6.45, 7) is -1.08. The second-order valence-electron chi connectivity index (χ2n) is 5.96. The lowest BCUT2D eigenvalue weighted by Gasteiger charge is -2.12. The number of allylic oxidation sites excluding steroid dienone is 4. The van der Waals surface area contributed by atoms with Crippen LogP contribution in [0.25, 0.3) is 11.6 Å². The van der Waals surface area contributed by atoms with Crippen molar-refractivity contribution in [3.63, 3.8) is 0 Å². The lowest BCUT2D eigenvalue weighted by atomic mass is 9.95. The van der Waals surface area contributed by atoms with Gasteiger partial charge in [-0.05, 0) is 25.3 Å². The summed E-state index contributed by atoms with van der Waals surface area (Å²) in [6.07, 6.45) is 9.54. The number of rotatable bonds is 7. The molecule has 0 aliphatic heterocycles. The summed E-state index contributed by atoms with van der Waals surface area (Å²) in [4.78, 5) is 14.9. The van der Waals surface area contributed by atoms with Crippen LogP contribution in [0.2, 0.25) is 0 Å². The van der Waals surface area contributed by atoms with Crippen LogP contribution < -0.4 is 4.74 Å². The molecule has 2 heterocycles. The molecule has 8 heteroatoms. The van der Waals surface area contributed by atoms with E-state index in [9.17, 15) is 13.6 Å². The Kier molecular flexibility index (Phi) is 5.50. The molecule has 0 amide bonds. The van der Waals surface area contributed by atoms with Gasteiger partial charge in [-0.1, -0.05) is 30.7 Å². The third-order valence-corrected chi connectivity index (χ3v) is 3.92. The van der Waals surface area contributed by atoms with Crippen molar-refractivity contribution in [1.82, 2.24) is 15.2 Å². The van der Waals surface area contributed by atoms with E-state index in [0.717, 1.165) is 25.3 Å². The number of carbonyl (C=O) groups is 1. The lowest BCUT2D eigenvalue weighted by molar-refractivity contribution is -0.0528. The van der Waals surface area contributed by atoms with E-state index in [-0.39, 0.29) is 28.9 Å². The molecule has 0 saturated heterocycles. The molecular weight excluding hydrogens is 344 g/mol. The highest BCUT2D eigenvalue weighted by atomic mass is 19.3. The molecule has 0 radical (unpaired) electrons. The Labute approximate surface area is 148 Å². The van der Waals surface area contributed by atoms with E-state index in [1.54, 1.807) is 0 Å². The minimum Gasteiger partial charge on any atom is -0.419 e. The van der Waals surface area contributed by atoms with Crippen molar-refractivity contribution < 1.29 is 22.7 Å². The van der Waals surface area contributed by atoms with Crippen LogP contribution in [0.1, 0.15) is 48.4 Å². The standard InChI is InChI=1S/C18H17F2N3O3/c1-11(7-12-5-3-2-4-6-12)16-22-23-17(26-16)14-8-13(10-24)9-15(21-14)25-18(19)20/h2-3,5,8-11,18H,4,6-7H2,1H3. The largest absolute Gasteiger partial charge is 0.419 e. The fourth-order valence-corrected chi connectivity index (χ4v) is 2.69. The summed E-state index contributed by atoms with van der Waals surface area (Å²) in [6, 6.07) is 2.49. The van der Waals surface area contributed by atoms with Crippen LogP contribution in [0.15, 0.2) is 40.4 Å². The number of alkyl halides is 2. The molecule has 0 N–H and O–H groups in total. The second-order valence-corrected chi connectivity index (χ2v) is 5.96. The van der Waals surface area contributed by atoms with Gasteiger partial charge in [0, 0.05) is 17.5 Å². The second kappa shape index (κ2) is 7.99. The van der Waals surface area contributed by atoms with Crippen molar-refractivity contribution in [1.29, 1.82) is 0 Å². The maximum Gasteiger partial charge on any atom is 0.388 e. The first-order valence-corrected chi connectivity index (χ1v) is 8.15. The van der Waals surface area contributed by atoms with E-state index in [1.165, 1.54) is 11.6 Å². The van der Waals surface area contributed by atoms with Gasteiger partial charge in [0.15, 0.2) is 0 Å². The number of nitrogens with zero attached hydrogens (tertiary/aromatic N) is 3. The quantitative estimate of drug-likeness (QED) is 0.684. The Balaban J connectivity index is 1.81. The smallest absolute Gasteiger partial charge is 0.388 e. The van der Waals surface area contributed by atoms with Gasteiger partial charge < -0.3 is 9.15 Å². The number of ether oxygens (including phenoxy) is 1. The number of carbonyl (C=O) groups excluding carboxylic acids is 1. The Morgan fingerprint density at radius 1 is 1.35 bits per heavy atom. The van der Waals surface area contributed by atoms with Crippen LogP contribution in [0.4, 0.5) is 8.78 Å². The molecule has 0 spiro atoms. The third-order valence-electron chi connectivity index (χ3n) is 3.92. The van der Waals surface area contributed by atoms with Gasteiger partial charge in [0.05, 0.1) is 0 Å². The van der Waals surface area contributed by atoms with Crippen molar-refractivity contribution in [2.45, 2.75) is 38.7 Å². The summed E-state index contributed by atoms with van der Waals surface area (Å²) in [5.74, 6) is 0.0869. The van der Waals surface area contributed by atoms with Crippen LogP contribution in [0.5, 0.6) is 5.88 Å². The highest BCUT2D eigenvalue weighted by Gasteiger charge is 2.19. The zero-order valence-corrected chi connectivity index (χ0v) is 14.1. The van der Waals surface area contributed by atoms with Crippen LogP contribution in [-0.4, -0.2) is 28.1 Å². The van der Waals surface area contributed by atoms with E-state index in [4.69, 9.17) is 4.42 Å². The average Bonchev–Trinajstić information content (AvgIpc) is 3.12. The van der Waals surface area contributed by atoms with Crippen LogP contribution in [-0.2, 0) is 0 Å². The summed E-state index contributed by atoms with van der Waals surface area (Å²) in [7, 11) is 0. The number of aromatic nitrogens is 3. The predicted molar refractivity (Wildman–Crippen MR) is 89.0 cm³/mol. The van der Waals surface area contributed by atoms with Crippen LogP contribution >= 0.6 is 0 Å². The SMILES string of the molecule is CC(CC1=CC=CCC1)c1nnc(-c2cc(C=O)cc(OC(F)F)n2)o1. The molecule has 2 aromatic rings. The monoisotopic (exact) mass is 361 g/mol. The first kappa shape index (κ1) is 17.9. The van der Waals surface area contributed by atoms with Gasteiger partial charge in [-0.15, -0.1) is 10.2 Å². The van der Waals surface area contributed by atoms with E-state index >= 15 is 0 Å². The molecule has 26 heavy (non-hydrogen) atoms. The minimum atomic E-state index is -3.05. The summed E-state index contributed by atoms with van der Waals surface area (Å²) in [5.41, 5.74) is 1.53. The van der Waals surface area contributed by atoms with Crippen LogP contribution in [0, 0.1) is 0 Å². The van der Waals surface area contributed by atoms with Gasteiger partial charge in [-0.2, -0.15) is 8.78 Å². The molecule has 0 aromatic carbocycles. The van der Waals surface area contributed by atoms with Crippen molar-refractivity contribution in [2.75, 3.05) is 0 Å². The first-order valence-electron chi connectivity index (χ1n) is 8.15. The number of halogens is 2. The Bertz CT molecular complexity index is 846. The van der Waals surface area contributed by atoms with Gasteiger partial charge in [-0.25, -0.2) is 4.98 Å². The van der Waals surface area contributed by atoms with E-state index < -0.39 is 6.61 Å². The zero-order chi connectivity index (χ0) is 18.5. The highest BCUT2D eigenvalue weighted by Crippen LogP contribution is 2.29. The molecule has 0 fully saturated rings. The van der Waals surface area contributed by atoms with Gasteiger partial charge >= 0.3 is 6.61 Å².